The van der Waals surface area contributed by atoms with Gasteiger partial charge in [0.15, 0.2) is 0 Å². The molecule has 0 aromatic heterocycles. The summed E-state index contributed by atoms with van der Waals surface area (Å²) in [5.41, 5.74) is 0. The summed E-state index contributed by atoms with van der Waals surface area (Å²) >= 11 is 0. The van der Waals surface area contributed by atoms with Crippen molar-refractivity contribution in [2.75, 3.05) is 0 Å². The van der Waals surface area contributed by atoms with Gasteiger partial charge in [-0.05, 0) is 19.3 Å². The first-order chi connectivity index (χ1) is 10.9. The van der Waals surface area contributed by atoms with Crippen molar-refractivity contribution >= 4 is 10.1 Å². The number of aliphatic hydroxyl groups excluding tert-OH is 1. The minimum absolute atomic E-state index is 0. The Labute approximate surface area is 172 Å². The smallest absolute Gasteiger partial charge is 0.748 e. The predicted octanol–water partition coefficient (Wildman–Crippen LogP) is 1.77. The Kier molecular flexibility index (Phi) is 19.5. The summed E-state index contributed by atoms with van der Waals surface area (Å²) in [7, 11) is -4.31. The van der Waals surface area contributed by atoms with Gasteiger partial charge in [0.05, 0.1) is 21.5 Å². The predicted molar refractivity (Wildman–Crippen MR) is 95.5 cm³/mol. The number of aliphatic hydroxyl groups is 1. The van der Waals surface area contributed by atoms with E-state index in [-0.39, 0.29) is 36.0 Å². The standard InChI is InChI=1S/C18H38O4S.Na/c1-3-5-7-8-9-10-11-13-15-18(23(20,21)22)16-17(19)14-12-6-4-2;/h17-19H,3-16H2,1-2H3,(H,20,21,22);/q;+1/p-1. The van der Waals surface area contributed by atoms with Gasteiger partial charge in [0.1, 0.15) is 0 Å². The molecule has 0 saturated carbocycles. The second-order valence-electron chi connectivity index (χ2n) is 6.76. The molecule has 1 N–H and O–H groups in total. The Balaban J connectivity index is 0. The van der Waals surface area contributed by atoms with E-state index in [1.54, 1.807) is 0 Å². The summed E-state index contributed by atoms with van der Waals surface area (Å²) in [5.74, 6) is 0. The molecule has 6 heteroatoms. The van der Waals surface area contributed by atoms with Crippen LogP contribution in [0.2, 0.25) is 0 Å². The molecule has 0 aliphatic heterocycles. The van der Waals surface area contributed by atoms with Crippen LogP contribution in [0.3, 0.4) is 0 Å². The molecule has 140 valence electrons. The molecular weight excluding hydrogens is 335 g/mol. The first kappa shape index (κ1) is 27.1. The van der Waals surface area contributed by atoms with Gasteiger partial charge in [-0.1, -0.05) is 84.5 Å². The normalized spacial score (nSPS) is 14.2. The minimum Gasteiger partial charge on any atom is -0.748 e. The van der Waals surface area contributed by atoms with Crippen LogP contribution in [0.25, 0.3) is 0 Å². The Morgan fingerprint density at radius 3 is 1.71 bits per heavy atom. The van der Waals surface area contributed by atoms with Gasteiger partial charge >= 0.3 is 29.6 Å². The summed E-state index contributed by atoms with van der Waals surface area (Å²) in [5, 5.41) is 9.01. The third-order valence-corrected chi connectivity index (χ3v) is 5.71. The first-order valence-corrected chi connectivity index (χ1v) is 11.0. The van der Waals surface area contributed by atoms with Crippen molar-refractivity contribution < 1.29 is 47.6 Å². The van der Waals surface area contributed by atoms with E-state index in [0.717, 1.165) is 38.5 Å². The maximum absolute atomic E-state index is 11.4. The number of hydrogen-bond donors (Lipinski definition) is 1. The number of rotatable bonds is 16. The van der Waals surface area contributed by atoms with Crippen molar-refractivity contribution in [3.05, 3.63) is 0 Å². The molecule has 2 atom stereocenters. The van der Waals surface area contributed by atoms with Gasteiger partial charge in [-0.2, -0.15) is 0 Å². The van der Waals surface area contributed by atoms with E-state index in [0.29, 0.717) is 12.8 Å². The second-order valence-corrected chi connectivity index (χ2v) is 8.42. The van der Waals surface area contributed by atoms with Crippen LogP contribution in [0.1, 0.15) is 104 Å². The maximum Gasteiger partial charge on any atom is 1.00 e. The van der Waals surface area contributed by atoms with Crippen LogP contribution in [0, 0.1) is 0 Å². The fourth-order valence-electron chi connectivity index (χ4n) is 2.94. The van der Waals surface area contributed by atoms with Crippen molar-refractivity contribution in [2.45, 2.75) is 115 Å². The molecule has 0 amide bonds. The zero-order valence-corrected chi connectivity index (χ0v) is 19.0. The molecule has 0 aliphatic rings. The third-order valence-electron chi connectivity index (χ3n) is 4.46. The maximum atomic E-state index is 11.4. The van der Waals surface area contributed by atoms with Crippen LogP contribution in [0.4, 0.5) is 0 Å². The molecular formula is C18H37NaO4S. The molecule has 4 nitrogen and oxygen atoms in total. The summed E-state index contributed by atoms with van der Waals surface area (Å²) in [6, 6.07) is 0. The molecule has 24 heavy (non-hydrogen) atoms. The Morgan fingerprint density at radius 1 is 0.792 bits per heavy atom. The average Bonchev–Trinajstić information content (AvgIpc) is 2.48. The van der Waals surface area contributed by atoms with Crippen LogP contribution in [-0.4, -0.2) is 29.4 Å². The van der Waals surface area contributed by atoms with Crippen LogP contribution in [-0.2, 0) is 10.1 Å². The van der Waals surface area contributed by atoms with E-state index in [1.165, 1.54) is 32.1 Å². The van der Waals surface area contributed by atoms with Crippen molar-refractivity contribution in [3.8, 4) is 0 Å². The van der Waals surface area contributed by atoms with Crippen molar-refractivity contribution in [1.82, 2.24) is 0 Å². The molecule has 0 rings (SSSR count). The van der Waals surface area contributed by atoms with E-state index in [1.807, 2.05) is 0 Å². The summed E-state index contributed by atoms with van der Waals surface area (Å²) in [6.45, 7) is 4.28. The van der Waals surface area contributed by atoms with Crippen LogP contribution in [0.15, 0.2) is 0 Å². The molecule has 0 bridgehead atoms. The van der Waals surface area contributed by atoms with Gasteiger partial charge in [-0.3, -0.25) is 0 Å². The van der Waals surface area contributed by atoms with Crippen molar-refractivity contribution in [3.63, 3.8) is 0 Å². The van der Waals surface area contributed by atoms with Gasteiger partial charge in [0.2, 0.25) is 0 Å². The SMILES string of the molecule is CCCCCCCCCCC(CC(O)CCCCC)S(=O)(=O)[O-].[Na+]. The second kappa shape index (κ2) is 17.3. The summed E-state index contributed by atoms with van der Waals surface area (Å²) in [4.78, 5) is 0. The summed E-state index contributed by atoms with van der Waals surface area (Å²) in [6.07, 6.45) is 12.5. The number of hydrogen-bond acceptors (Lipinski definition) is 4. The van der Waals surface area contributed by atoms with Crippen LogP contribution in [0.5, 0.6) is 0 Å². The van der Waals surface area contributed by atoms with Gasteiger partial charge in [0, 0.05) is 0 Å². The van der Waals surface area contributed by atoms with E-state index in [2.05, 4.69) is 13.8 Å². The van der Waals surface area contributed by atoms with E-state index >= 15 is 0 Å². The topological polar surface area (TPSA) is 77.4 Å². The monoisotopic (exact) mass is 372 g/mol. The Bertz CT molecular complexity index is 360. The van der Waals surface area contributed by atoms with Crippen molar-refractivity contribution in [1.29, 1.82) is 0 Å². The van der Waals surface area contributed by atoms with Gasteiger partial charge in [-0.15, -0.1) is 0 Å². The minimum atomic E-state index is -4.31. The average molecular weight is 373 g/mol. The zero-order chi connectivity index (χ0) is 17.6. The van der Waals surface area contributed by atoms with E-state index in [4.69, 9.17) is 0 Å². The Morgan fingerprint density at radius 2 is 1.21 bits per heavy atom. The first-order valence-electron chi connectivity index (χ1n) is 9.54. The molecule has 0 aromatic carbocycles. The molecule has 2 unspecified atom stereocenters. The van der Waals surface area contributed by atoms with Crippen LogP contribution >= 0.6 is 0 Å². The van der Waals surface area contributed by atoms with Gasteiger partial charge in [-0.25, -0.2) is 8.42 Å². The van der Waals surface area contributed by atoms with E-state index in [9.17, 15) is 18.1 Å². The van der Waals surface area contributed by atoms with Gasteiger partial charge in [0.25, 0.3) is 0 Å². The molecule has 0 aliphatic carbocycles. The molecule has 0 aromatic rings. The van der Waals surface area contributed by atoms with Crippen LogP contribution < -0.4 is 29.6 Å². The largest absolute Gasteiger partial charge is 1.00 e. The van der Waals surface area contributed by atoms with E-state index < -0.39 is 21.5 Å². The fraction of sp³-hybridized carbons (Fsp3) is 1.00. The molecule has 0 heterocycles. The molecule has 0 saturated heterocycles. The molecule has 0 fully saturated rings. The number of unbranched alkanes of at least 4 members (excludes halogenated alkanes) is 9. The summed E-state index contributed by atoms with van der Waals surface area (Å²) < 4.78 is 34.1. The quantitative estimate of drug-likeness (QED) is 0.254. The zero-order valence-electron chi connectivity index (χ0n) is 16.1. The molecule has 0 spiro atoms. The fourth-order valence-corrected chi connectivity index (χ4v) is 3.85. The Hall–Kier alpha value is 0.870. The molecule has 0 radical (unpaired) electrons. The van der Waals surface area contributed by atoms with Crippen molar-refractivity contribution in [2.24, 2.45) is 0 Å². The third kappa shape index (κ3) is 16.3. The van der Waals surface area contributed by atoms with Gasteiger partial charge < -0.3 is 9.66 Å².